The number of carboxylic acid groups (broad SMARTS) is 1. The van der Waals surface area contributed by atoms with Crippen molar-refractivity contribution in [1.82, 2.24) is 14.8 Å². The molecule has 2 aromatic rings. The van der Waals surface area contributed by atoms with Gasteiger partial charge in [-0.15, -0.1) is 0 Å². The van der Waals surface area contributed by atoms with Crippen LogP contribution in [-0.2, 0) is 31.4 Å². The molecule has 0 spiro atoms. The van der Waals surface area contributed by atoms with Gasteiger partial charge in [-0.1, -0.05) is 31.0 Å². The van der Waals surface area contributed by atoms with Crippen LogP contribution in [0.4, 0.5) is 5.69 Å². The number of ether oxygens (including phenoxy) is 2. The molecule has 0 saturated carbocycles. The maximum absolute atomic E-state index is 11.9. The zero-order chi connectivity index (χ0) is 20.9. The summed E-state index contributed by atoms with van der Waals surface area (Å²) in [6, 6.07) is 5.02. The number of rotatable bonds is 9. The summed E-state index contributed by atoms with van der Waals surface area (Å²) in [7, 11) is 0. The van der Waals surface area contributed by atoms with Crippen molar-refractivity contribution in [3.05, 3.63) is 41.4 Å². The molecule has 10 heteroatoms. The van der Waals surface area contributed by atoms with Crippen molar-refractivity contribution in [2.45, 2.75) is 51.0 Å². The summed E-state index contributed by atoms with van der Waals surface area (Å²) in [5.41, 5.74) is 1.09. The first-order chi connectivity index (χ1) is 13.9. The minimum atomic E-state index is -1.11. The number of hydrogen-bond donors (Lipinski definition) is 2. The summed E-state index contributed by atoms with van der Waals surface area (Å²) >= 11 is 6.52. The van der Waals surface area contributed by atoms with Gasteiger partial charge >= 0.3 is 5.97 Å². The second kappa shape index (κ2) is 9.34. The number of benzene rings is 1. The summed E-state index contributed by atoms with van der Waals surface area (Å²) in [5.74, 6) is -2.54. The molecular weight excluding hydrogens is 400 g/mol. The molecule has 0 bridgehead atoms. The van der Waals surface area contributed by atoms with Crippen molar-refractivity contribution in [3.8, 4) is 0 Å². The van der Waals surface area contributed by atoms with Crippen LogP contribution in [0.5, 0.6) is 0 Å². The molecule has 1 aromatic carbocycles. The fraction of sp³-hybridized carbons (Fsp3) is 0.474. The first-order valence-electron chi connectivity index (χ1n) is 9.37. The van der Waals surface area contributed by atoms with E-state index in [-0.39, 0.29) is 25.5 Å². The van der Waals surface area contributed by atoms with Crippen molar-refractivity contribution in [3.63, 3.8) is 0 Å². The maximum Gasteiger partial charge on any atom is 0.303 e. The number of nitrogens with zero attached hydrogens (tertiary/aromatic N) is 3. The number of anilines is 1. The van der Waals surface area contributed by atoms with Gasteiger partial charge in [0.25, 0.3) is 0 Å². The fourth-order valence-corrected chi connectivity index (χ4v) is 3.54. The van der Waals surface area contributed by atoms with Crippen LogP contribution in [0.1, 0.15) is 38.2 Å². The molecule has 9 nitrogen and oxygen atoms in total. The second-order valence-corrected chi connectivity index (χ2v) is 7.23. The van der Waals surface area contributed by atoms with Gasteiger partial charge in [0.15, 0.2) is 0 Å². The monoisotopic (exact) mass is 422 g/mol. The van der Waals surface area contributed by atoms with Crippen LogP contribution in [0.25, 0.3) is 0 Å². The Morgan fingerprint density at radius 2 is 2.24 bits per heavy atom. The van der Waals surface area contributed by atoms with E-state index in [0.29, 0.717) is 22.9 Å². The third kappa shape index (κ3) is 5.31. The Kier molecular flexibility index (Phi) is 6.83. The number of hydrogen-bond acceptors (Lipinski definition) is 6. The van der Waals surface area contributed by atoms with Gasteiger partial charge in [0, 0.05) is 17.7 Å². The Labute approximate surface area is 173 Å². The molecule has 1 aliphatic heterocycles. The van der Waals surface area contributed by atoms with Gasteiger partial charge in [-0.05, 0) is 18.6 Å². The largest absolute Gasteiger partial charge is 0.481 e. The molecule has 1 fully saturated rings. The average molecular weight is 423 g/mol. The van der Waals surface area contributed by atoms with Crippen LogP contribution in [0.3, 0.4) is 0 Å². The minimum absolute atomic E-state index is 0.0602. The number of carbonyl (C=O) groups is 2. The number of carboxylic acids is 1. The summed E-state index contributed by atoms with van der Waals surface area (Å²) in [6.07, 6.45) is 4.41. The summed E-state index contributed by atoms with van der Waals surface area (Å²) in [5, 5.41) is 15.8. The SMILES string of the molecule is CCCC1COC(Cn2cncn2)(c2ccc(NC(=O)CCC(=O)O)cc2Cl)O1. The molecule has 2 atom stereocenters. The Balaban J connectivity index is 1.81. The van der Waals surface area contributed by atoms with Crippen molar-refractivity contribution < 1.29 is 24.2 Å². The van der Waals surface area contributed by atoms with Crippen molar-refractivity contribution in [2.24, 2.45) is 0 Å². The van der Waals surface area contributed by atoms with E-state index in [1.165, 1.54) is 6.33 Å². The van der Waals surface area contributed by atoms with Crippen LogP contribution in [-0.4, -0.2) is 44.5 Å². The number of amides is 1. The van der Waals surface area contributed by atoms with Crippen LogP contribution >= 0.6 is 11.6 Å². The van der Waals surface area contributed by atoms with Gasteiger partial charge < -0.3 is 19.9 Å². The highest BCUT2D eigenvalue weighted by atomic mass is 35.5. The molecule has 2 N–H and O–H groups in total. The molecule has 3 rings (SSSR count). The Morgan fingerprint density at radius 1 is 1.41 bits per heavy atom. The lowest BCUT2D eigenvalue weighted by Crippen LogP contribution is -2.34. The van der Waals surface area contributed by atoms with Crippen LogP contribution in [0.15, 0.2) is 30.9 Å². The molecule has 0 aliphatic carbocycles. The smallest absolute Gasteiger partial charge is 0.303 e. The van der Waals surface area contributed by atoms with E-state index in [4.69, 9.17) is 26.2 Å². The van der Waals surface area contributed by atoms with E-state index >= 15 is 0 Å². The Bertz CT molecular complexity index is 860. The Morgan fingerprint density at radius 3 is 2.90 bits per heavy atom. The summed E-state index contributed by atoms with van der Waals surface area (Å²) in [6.45, 7) is 2.79. The topological polar surface area (TPSA) is 116 Å². The molecule has 1 aliphatic rings. The van der Waals surface area contributed by atoms with E-state index in [9.17, 15) is 9.59 Å². The average Bonchev–Trinajstić information content (AvgIpc) is 3.31. The quantitative estimate of drug-likeness (QED) is 0.638. The van der Waals surface area contributed by atoms with E-state index in [1.54, 1.807) is 29.2 Å². The fourth-order valence-electron chi connectivity index (χ4n) is 3.21. The maximum atomic E-state index is 11.9. The van der Waals surface area contributed by atoms with Gasteiger partial charge in [0.05, 0.1) is 24.2 Å². The van der Waals surface area contributed by atoms with E-state index < -0.39 is 17.7 Å². The van der Waals surface area contributed by atoms with E-state index in [2.05, 4.69) is 22.3 Å². The van der Waals surface area contributed by atoms with Crippen LogP contribution < -0.4 is 5.32 Å². The predicted octanol–water partition coefficient (Wildman–Crippen LogP) is 2.80. The molecule has 2 unspecified atom stereocenters. The standard InChI is InChI=1S/C19H23ClN4O5/c1-2-3-14-9-28-19(29-14,10-24-12-21-11-22-24)15-5-4-13(8-16(15)20)23-17(25)6-7-18(26)27/h4-5,8,11-12,14H,2-3,6-7,9-10H2,1H3,(H,23,25)(H,26,27). The van der Waals surface area contributed by atoms with Gasteiger partial charge in [0.2, 0.25) is 11.7 Å². The van der Waals surface area contributed by atoms with Crippen LogP contribution in [0, 0.1) is 0 Å². The molecular formula is C19H23ClN4O5. The summed E-state index contributed by atoms with van der Waals surface area (Å²) < 4.78 is 14.0. The minimum Gasteiger partial charge on any atom is -0.481 e. The first-order valence-corrected chi connectivity index (χ1v) is 9.75. The molecule has 1 amide bonds. The highest BCUT2D eigenvalue weighted by Crippen LogP contribution is 2.41. The summed E-state index contributed by atoms with van der Waals surface area (Å²) in [4.78, 5) is 26.4. The van der Waals surface area contributed by atoms with Gasteiger partial charge in [0.1, 0.15) is 19.2 Å². The third-order valence-corrected chi connectivity index (χ3v) is 4.85. The number of halogens is 1. The van der Waals surface area contributed by atoms with E-state index in [0.717, 1.165) is 12.8 Å². The Hall–Kier alpha value is -2.49. The lowest BCUT2D eigenvalue weighted by molar-refractivity contribution is -0.189. The molecule has 1 aromatic heterocycles. The van der Waals surface area contributed by atoms with Gasteiger partial charge in [-0.2, -0.15) is 5.10 Å². The third-order valence-electron chi connectivity index (χ3n) is 4.54. The van der Waals surface area contributed by atoms with Crippen LogP contribution in [0.2, 0.25) is 5.02 Å². The second-order valence-electron chi connectivity index (χ2n) is 6.82. The zero-order valence-corrected chi connectivity index (χ0v) is 16.8. The molecule has 2 heterocycles. The van der Waals surface area contributed by atoms with Crippen molar-refractivity contribution >= 4 is 29.2 Å². The highest BCUT2D eigenvalue weighted by Gasteiger charge is 2.45. The molecule has 29 heavy (non-hydrogen) atoms. The van der Waals surface area contributed by atoms with E-state index in [1.807, 2.05) is 0 Å². The molecule has 0 radical (unpaired) electrons. The van der Waals surface area contributed by atoms with Crippen molar-refractivity contribution in [2.75, 3.05) is 11.9 Å². The number of carbonyl (C=O) groups excluding carboxylic acids is 1. The number of nitrogens with one attached hydrogen (secondary N) is 1. The lowest BCUT2D eigenvalue weighted by atomic mass is 10.0. The zero-order valence-electron chi connectivity index (χ0n) is 16.0. The molecule has 156 valence electrons. The number of aliphatic carboxylic acids is 1. The van der Waals surface area contributed by atoms with Gasteiger partial charge in [-0.3, -0.25) is 9.59 Å². The highest BCUT2D eigenvalue weighted by molar-refractivity contribution is 6.31. The first kappa shape index (κ1) is 21.2. The lowest BCUT2D eigenvalue weighted by Gasteiger charge is -2.29. The normalized spacial score (nSPS) is 21.2. The molecule has 1 saturated heterocycles. The predicted molar refractivity (Wildman–Crippen MR) is 104 cm³/mol. The van der Waals surface area contributed by atoms with Gasteiger partial charge in [-0.25, -0.2) is 9.67 Å². The number of aromatic nitrogens is 3. The van der Waals surface area contributed by atoms with Crippen molar-refractivity contribution in [1.29, 1.82) is 0 Å².